The molecule has 1 aliphatic heterocycles. The fraction of sp³-hybridized carbons (Fsp3) is 0.286. The molecule has 0 saturated heterocycles. The molecule has 2 aromatic carbocycles. The Hall–Kier alpha value is -2.05. The van der Waals surface area contributed by atoms with Gasteiger partial charge in [-0.05, 0) is 49.7 Å². The monoisotopic (exact) mass is 424 g/mol. The van der Waals surface area contributed by atoms with Crippen LogP contribution in [0.3, 0.4) is 0 Å². The summed E-state index contributed by atoms with van der Waals surface area (Å²) in [5, 5.41) is 1.27. The molecule has 138 valence electrons. The van der Waals surface area contributed by atoms with Crippen LogP contribution in [0.1, 0.15) is 29.8 Å². The first-order valence-corrected chi connectivity index (χ1v) is 9.75. The second-order valence-electron chi connectivity index (χ2n) is 6.56. The Balaban J connectivity index is 0.000000376. The zero-order valence-electron chi connectivity index (χ0n) is 15.5. The number of nitrogens with zero attached hydrogens (tertiary/aromatic N) is 1. The second kappa shape index (κ2) is 8.76. The lowest BCUT2D eigenvalue weighted by Gasteiger charge is -2.33. The van der Waals surface area contributed by atoms with Gasteiger partial charge in [0.1, 0.15) is 7.85 Å². The van der Waals surface area contributed by atoms with Gasteiger partial charge < -0.3 is 9.72 Å². The van der Waals surface area contributed by atoms with Crippen LogP contribution in [-0.4, -0.2) is 44.4 Å². The maximum absolute atomic E-state index is 9.18. The quantitative estimate of drug-likeness (QED) is 0.517. The third kappa shape index (κ3) is 4.28. The lowest BCUT2D eigenvalue weighted by atomic mass is 9.90. The molecule has 0 bridgehead atoms. The van der Waals surface area contributed by atoms with Crippen molar-refractivity contribution in [3.8, 4) is 0 Å². The molecule has 2 radical (unpaired) electrons. The predicted molar refractivity (Wildman–Crippen MR) is 114 cm³/mol. The average Bonchev–Trinajstić information content (AvgIpc) is 3.01. The van der Waals surface area contributed by atoms with E-state index in [1.165, 1.54) is 27.7 Å². The van der Waals surface area contributed by atoms with E-state index in [0.717, 1.165) is 22.9 Å². The molecule has 4 rings (SSSR count). The van der Waals surface area contributed by atoms with Gasteiger partial charge in [0, 0.05) is 27.6 Å². The van der Waals surface area contributed by atoms with Crippen LogP contribution in [0, 0.1) is 0 Å². The minimum absolute atomic E-state index is 0.269. The van der Waals surface area contributed by atoms with Crippen LogP contribution in [0.25, 0.3) is 10.9 Å². The van der Waals surface area contributed by atoms with Crippen molar-refractivity contribution in [3.05, 3.63) is 63.8 Å². The SMILES string of the molecule is CCOC=O.[B]c1ccc2[nH]c3c(c2c1)CCN(C)C3c1ccc(Br)cc1. The summed E-state index contributed by atoms with van der Waals surface area (Å²) in [6.07, 6.45) is 1.06. The van der Waals surface area contributed by atoms with Crippen LogP contribution in [0.15, 0.2) is 46.9 Å². The van der Waals surface area contributed by atoms with Crippen molar-refractivity contribution in [1.82, 2.24) is 9.88 Å². The highest BCUT2D eigenvalue weighted by Crippen LogP contribution is 2.37. The van der Waals surface area contributed by atoms with Gasteiger partial charge in [-0.25, -0.2) is 0 Å². The number of carbonyl (C=O) groups excluding carboxylic acids is 1. The Bertz CT molecular complexity index is 924. The third-order valence-electron chi connectivity index (χ3n) is 4.81. The number of ether oxygens (including phenoxy) is 1. The smallest absolute Gasteiger partial charge is 0.293 e. The van der Waals surface area contributed by atoms with Crippen LogP contribution in [0.4, 0.5) is 0 Å². The van der Waals surface area contributed by atoms with Gasteiger partial charge in [-0.2, -0.15) is 0 Å². The van der Waals surface area contributed by atoms with E-state index in [1.54, 1.807) is 6.92 Å². The van der Waals surface area contributed by atoms with Crippen molar-refractivity contribution in [1.29, 1.82) is 0 Å². The first kappa shape index (κ1) is 19.7. The zero-order chi connectivity index (χ0) is 19.4. The number of benzene rings is 2. The van der Waals surface area contributed by atoms with Crippen LogP contribution < -0.4 is 5.46 Å². The van der Waals surface area contributed by atoms with Gasteiger partial charge in [0.25, 0.3) is 6.47 Å². The summed E-state index contributed by atoms with van der Waals surface area (Å²) in [6, 6.07) is 15.0. The summed E-state index contributed by atoms with van der Waals surface area (Å²) in [5.41, 5.74) is 6.03. The fourth-order valence-corrected chi connectivity index (χ4v) is 3.83. The van der Waals surface area contributed by atoms with Crippen molar-refractivity contribution >= 4 is 46.6 Å². The van der Waals surface area contributed by atoms with Gasteiger partial charge in [-0.3, -0.25) is 9.69 Å². The van der Waals surface area contributed by atoms with Crippen molar-refractivity contribution in [2.75, 3.05) is 20.2 Å². The van der Waals surface area contributed by atoms with Gasteiger partial charge >= 0.3 is 0 Å². The molecular weight excluding hydrogens is 403 g/mol. The first-order chi connectivity index (χ1) is 13.0. The molecule has 2 heterocycles. The van der Waals surface area contributed by atoms with Gasteiger partial charge in [0.2, 0.25) is 0 Å². The number of hydrogen-bond acceptors (Lipinski definition) is 3. The highest BCUT2D eigenvalue weighted by atomic mass is 79.9. The van der Waals surface area contributed by atoms with E-state index in [9.17, 15) is 4.79 Å². The predicted octanol–water partition coefficient (Wildman–Crippen LogP) is 3.48. The summed E-state index contributed by atoms with van der Waals surface area (Å²) >= 11 is 3.52. The number of hydrogen-bond donors (Lipinski definition) is 1. The van der Waals surface area contributed by atoms with E-state index in [-0.39, 0.29) is 6.04 Å². The molecule has 1 atom stereocenters. The molecule has 0 aliphatic carbocycles. The highest BCUT2D eigenvalue weighted by molar-refractivity contribution is 9.10. The number of aromatic nitrogens is 1. The molecular formula is C21H22BBrN2O2. The summed E-state index contributed by atoms with van der Waals surface area (Å²) < 4.78 is 5.26. The molecule has 1 aliphatic rings. The number of fused-ring (bicyclic) bond motifs is 3. The maximum Gasteiger partial charge on any atom is 0.293 e. The molecule has 27 heavy (non-hydrogen) atoms. The molecule has 6 heteroatoms. The Morgan fingerprint density at radius 2 is 2.04 bits per heavy atom. The first-order valence-electron chi connectivity index (χ1n) is 8.96. The Morgan fingerprint density at radius 3 is 2.67 bits per heavy atom. The largest absolute Gasteiger partial charge is 0.468 e. The van der Waals surface area contributed by atoms with Crippen LogP contribution in [0.5, 0.6) is 0 Å². The van der Waals surface area contributed by atoms with E-state index in [2.05, 4.69) is 74.0 Å². The highest BCUT2D eigenvalue weighted by Gasteiger charge is 2.29. The van der Waals surface area contributed by atoms with Gasteiger partial charge in [0.05, 0.1) is 12.6 Å². The molecule has 1 unspecified atom stereocenters. The number of H-pyrrole nitrogens is 1. The van der Waals surface area contributed by atoms with Crippen molar-refractivity contribution in [3.63, 3.8) is 0 Å². The standard InChI is InChI=1S/C18H16BBrN2.C3H6O2/c1-22-9-8-14-15-10-12(19)4-7-16(15)21-17(14)18(22)11-2-5-13(20)6-3-11;1-2-5-3-4/h2-7,10,18,21H,8-9H2,1H3;3H,2H2,1H3. The molecule has 4 nitrogen and oxygen atoms in total. The summed E-state index contributed by atoms with van der Waals surface area (Å²) in [5.74, 6) is 0. The third-order valence-corrected chi connectivity index (χ3v) is 5.34. The Kier molecular flexibility index (Phi) is 6.40. The lowest BCUT2D eigenvalue weighted by molar-refractivity contribution is -0.128. The number of halogens is 1. The number of rotatable bonds is 3. The van der Waals surface area contributed by atoms with E-state index >= 15 is 0 Å². The van der Waals surface area contributed by atoms with Crippen LogP contribution >= 0.6 is 15.9 Å². The van der Waals surface area contributed by atoms with Gasteiger partial charge in [-0.15, -0.1) is 0 Å². The Labute approximate surface area is 169 Å². The summed E-state index contributed by atoms with van der Waals surface area (Å²) in [7, 11) is 8.17. The molecule has 0 saturated carbocycles. The molecule has 0 fully saturated rings. The number of likely N-dealkylation sites (N-methyl/N-ethyl adjacent to an activating group) is 1. The topological polar surface area (TPSA) is 45.3 Å². The van der Waals surface area contributed by atoms with E-state index < -0.39 is 0 Å². The van der Waals surface area contributed by atoms with Gasteiger partial charge in [-0.1, -0.05) is 45.7 Å². The van der Waals surface area contributed by atoms with Crippen LogP contribution in [0.2, 0.25) is 0 Å². The second-order valence-corrected chi connectivity index (χ2v) is 7.47. The van der Waals surface area contributed by atoms with E-state index in [1.807, 2.05) is 6.07 Å². The number of carbonyl (C=O) groups is 1. The number of nitrogens with one attached hydrogen (secondary N) is 1. The minimum atomic E-state index is 0.269. The lowest BCUT2D eigenvalue weighted by Crippen LogP contribution is -2.32. The molecule has 0 spiro atoms. The zero-order valence-corrected chi connectivity index (χ0v) is 17.1. The fourth-order valence-electron chi connectivity index (χ4n) is 3.56. The maximum atomic E-state index is 9.18. The minimum Gasteiger partial charge on any atom is -0.468 e. The Morgan fingerprint density at radius 1 is 1.30 bits per heavy atom. The number of aromatic amines is 1. The summed E-state index contributed by atoms with van der Waals surface area (Å²) in [4.78, 5) is 15.2. The van der Waals surface area contributed by atoms with Crippen molar-refractivity contribution in [2.45, 2.75) is 19.4 Å². The van der Waals surface area contributed by atoms with Crippen LogP contribution in [-0.2, 0) is 16.0 Å². The summed E-state index contributed by atoms with van der Waals surface area (Å²) in [6.45, 7) is 3.72. The average molecular weight is 425 g/mol. The van der Waals surface area contributed by atoms with Crippen molar-refractivity contribution in [2.24, 2.45) is 0 Å². The molecule has 1 N–H and O–H groups in total. The van der Waals surface area contributed by atoms with Gasteiger partial charge in [0.15, 0.2) is 0 Å². The molecule has 0 amide bonds. The molecule has 1 aromatic heterocycles. The molecule has 3 aromatic rings. The normalized spacial score (nSPS) is 16.3. The van der Waals surface area contributed by atoms with Crippen molar-refractivity contribution < 1.29 is 9.53 Å². The van der Waals surface area contributed by atoms with E-state index in [0.29, 0.717) is 13.1 Å². The van der Waals surface area contributed by atoms with E-state index in [4.69, 9.17) is 7.85 Å².